The first kappa shape index (κ1) is 32.3. The molecule has 47 heavy (non-hydrogen) atoms. The zero-order valence-electron chi connectivity index (χ0n) is 25.9. The van der Waals surface area contributed by atoms with Gasteiger partial charge < -0.3 is 24.4 Å². The molecule has 2 saturated heterocycles. The minimum atomic E-state index is -4.52. The number of anilines is 2. The van der Waals surface area contributed by atoms with E-state index < -0.39 is 12.8 Å². The van der Waals surface area contributed by atoms with Crippen molar-refractivity contribution in [3.8, 4) is 28.8 Å². The van der Waals surface area contributed by atoms with Crippen LogP contribution in [0.15, 0.2) is 55.2 Å². The number of nitrogens with one attached hydrogen (secondary N) is 1. The lowest BCUT2D eigenvalue weighted by Gasteiger charge is -2.39. The molecule has 1 N–H and O–H groups in total. The van der Waals surface area contributed by atoms with Gasteiger partial charge in [-0.2, -0.15) is 23.5 Å². The van der Waals surface area contributed by atoms with E-state index in [-0.39, 0.29) is 29.7 Å². The van der Waals surface area contributed by atoms with Crippen LogP contribution in [0.3, 0.4) is 0 Å². The summed E-state index contributed by atoms with van der Waals surface area (Å²) in [6.07, 6.45) is 7.25. The second kappa shape index (κ2) is 14.4. The molecular weight excluding hydrogens is 615 g/mol. The fraction of sp³-hybridized carbons (Fsp3) is 0.469. The van der Waals surface area contributed by atoms with Crippen molar-refractivity contribution in [2.75, 3.05) is 38.2 Å². The summed E-state index contributed by atoms with van der Waals surface area (Å²) < 4.78 is 59.3. The molecule has 0 spiro atoms. The van der Waals surface area contributed by atoms with Crippen LogP contribution in [0.25, 0.3) is 11.1 Å². The molecule has 0 saturated carbocycles. The maximum absolute atomic E-state index is 13.1. The van der Waals surface area contributed by atoms with Crippen molar-refractivity contribution in [2.24, 2.45) is 0 Å². The lowest BCUT2D eigenvalue weighted by atomic mass is 10.00. The van der Waals surface area contributed by atoms with Crippen molar-refractivity contribution in [3.05, 3.63) is 60.8 Å². The Bertz CT molecular complexity index is 1640. The summed E-state index contributed by atoms with van der Waals surface area (Å²) in [6, 6.07) is 9.71. The van der Waals surface area contributed by atoms with Gasteiger partial charge in [-0.05, 0) is 56.4 Å². The summed E-state index contributed by atoms with van der Waals surface area (Å²) >= 11 is 0. The van der Waals surface area contributed by atoms with Gasteiger partial charge in [-0.1, -0.05) is 6.07 Å². The van der Waals surface area contributed by atoms with Gasteiger partial charge in [0.1, 0.15) is 23.6 Å². The van der Waals surface area contributed by atoms with Crippen LogP contribution < -0.4 is 14.8 Å². The number of nitriles is 1. The van der Waals surface area contributed by atoms with E-state index in [1.165, 1.54) is 0 Å². The molecule has 5 heterocycles. The summed E-state index contributed by atoms with van der Waals surface area (Å²) in [4.78, 5) is 11.3. The number of benzene rings is 1. The Labute approximate surface area is 270 Å². The molecule has 0 bridgehead atoms. The predicted molar refractivity (Wildman–Crippen MR) is 165 cm³/mol. The number of hydrogen-bond donors (Lipinski definition) is 1. The largest absolute Gasteiger partial charge is 0.487 e. The number of likely N-dealkylation sites (tertiary alicyclic amines) is 1. The van der Waals surface area contributed by atoms with Gasteiger partial charge in [0.25, 0.3) is 5.88 Å². The van der Waals surface area contributed by atoms with Crippen LogP contribution >= 0.6 is 0 Å². The Balaban J connectivity index is 1.15. The van der Waals surface area contributed by atoms with Crippen LogP contribution in [0.1, 0.15) is 44.2 Å². The molecule has 3 aromatic heterocycles. The normalized spacial score (nSPS) is 17.3. The van der Waals surface area contributed by atoms with Crippen LogP contribution in [-0.2, 0) is 11.3 Å². The van der Waals surface area contributed by atoms with Gasteiger partial charge in [0, 0.05) is 62.7 Å². The second-order valence-corrected chi connectivity index (χ2v) is 11.7. The Hall–Kier alpha value is -4.68. The SMILES string of the molecule is C[C@@H](Cn1cccn1)Oc1cc(-c2cnc(Nc3cn(C4CCN(C5CCOCC5)CC4)nc3OCC(F)(F)F)nc2)ccc1C#N. The van der Waals surface area contributed by atoms with Gasteiger partial charge in [0.05, 0.1) is 24.3 Å². The van der Waals surface area contributed by atoms with E-state index in [0.717, 1.165) is 57.6 Å². The van der Waals surface area contributed by atoms with Crippen molar-refractivity contribution < 1.29 is 27.4 Å². The molecule has 1 atom stereocenters. The maximum atomic E-state index is 13.1. The molecule has 0 amide bonds. The molecule has 2 aliphatic rings. The van der Waals surface area contributed by atoms with Crippen LogP contribution in [0.2, 0.25) is 0 Å². The van der Waals surface area contributed by atoms with Crippen molar-refractivity contribution in [1.82, 2.24) is 34.4 Å². The molecule has 0 aliphatic carbocycles. The quantitative estimate of drug-likeness (QED) is 0.226. The van der Waals surface area contributed by atoms with Crippen LogP contribution in [0, 0.1) is 11.3 Å². The van der Waals surface area contributed by atoms with Crippen molar-refractivity contribution in [2.45, 2.75) is 63.5 Å². The third kappa shape index (κ3) is 8.38. The van der Waals surface area contributed by atoms with Crippen molar-refractivity contribution >= 4 is 11.6 Å². The van der Waals surface area contributed by atoms with Gasteiger partial charge in [-0.15, -0.1) is 5.10 Å². The number of nitrogens with zero attached hydrogens (tertiary/aromatic N) is 8. The molecule has 0 radical (unpaired) electrons. The first-order valence-corrected chi connectivity index (χ1v) is 15.6. The van der Waals surface area contributed by atoms with Gasteiger partial charge in [-0.3, -0.25) is 9.36 Å². The molecule has 12 nitrogen and oxygen atoms in total. The number of halogens is 3. The number of hydrogen-bond acceptors (Lipinski definition) is 10. The lowest BCUT2D eigenvalue weighted by molar-refractivity contribution is -0.154. The summed E-state index contributed by atoms with van der Waals surface area (Å²) in [6.45, 7) is 4.24. The van der Waals surface area contributed by atoms with Gasteiger partial charge >= 0.3 is 6.18 Å². The van der Waals surface area contributed by atoms with Crippen molar-refractivity contribution in [3.63, 3.8) is 0 Å². The van der Waals surface area contributed by atoms with Gasteiger partial charge in [-0.25, -0.2) is 9.97 Å². The van der Waals surface area contributed by atoms with E-state index >= 15 is 0 Å². The fourth-order valence-electron chi connectivity index (χ4n) is 5.95. The lowest BCUT2D eigenvalue weighted by Crippen LogP contribution is -2.44. The van der Waals surface area contributed by atoms with E-state index in [0.29, 0.717) is 29.5 Å². The zero-order chi connectivity index (χ0) is 32.8. The molecule has 2 fully saturated rings. The number of alkyl halides is 3. The third-order valence-electron chi connectivity index (χ3n) is 8.32. The number of rotatable bonds is 11. The molecule has 248 valence electrons. The fourth-order valence-corrected chi connectivity index (χ4v) is 5.95. The van der Waals surface area contributed by atoms with Gasteiger partial charge in [0.2, 0.25) is 5.95 Å². The molecule has 4 aromatic rings. The summed E-state index contributed by atoms with van der Waals surface area (Å²) in [5.74, 6) is 0.418. The highest BCUT2D eigenvalue weighted by atomic mass is 19.4. The first-order valence-electron chi connectivity index (χ1n) is 15.6. The Morgan fingerprint density at radius 2 is 1.85 bits per heavy atom. The first-order chi connectivity index (χ1) is 22.7. The van der Waals surface area contributed by atoms with E-state index in [2.05, 4.69) is 36.5 Å². The topological polar surface area (TPSA) is 128 Å². The highest BCUT2D eigenvalue weighted by Crippen LogP contribution is 2.33. The van der Waals surface area contributed by atoms with E-state index in [1.54, 1.807) is 52.4 Å². The molecular formula is C32H36F3N9O3. The monoisotopic (exact) mass is 651 g/mol. The highest BCUT2D eigenvalue weighted by molar-refractivity contribution is 5.67. The average molecular weight is 652 g/mol. The third-order valence-corrected chi connectivity index (χ3v) is 8.32. The average Bonchev–Trinajstić information content (AvgIpc) is 3.74. The van der Waals surface area contributed by atoms with Crippen LogP contribution in [0.5, 0.6) is 11.6 Å². The summed E-state index contributed by atoms with van der Waals surface area (Å²) in [5.41, 5.74) is 2.02. The second-order valence-electron chi connectivity index (χ2n) is 11.7. The van der Waals surface area contributed by atoms with Gasteiger partial charge in [0.15, 0.2) is 6.61 Å². The minimum absolute atomic E-state index is 0.0215. The number of aromatic nitrogens is 6. The number of piperidine rings is 1. The Morgan fingerprint density at radius 3 is 2.53 bits per heavy atom. The summed E-state index contributed by atoms with van der Waals surface area (Å²) in [7, 11) is 0. The summed E-state index contributed by atoms with van der Waals surface area (Å²) in [5, 5.41) is 21.2. The van der Waals surface area contributed by atoms with Crippen LogP contribution in [-0.4, -0.2) is 85.7 Å². The molecule has 0 unspecified atom stereocenters. The Morgan fingerprint density at radius 1 is 1.09 bits per heavy atom. The molecule has 2 aliphatic heterocycles. The molecule has 15 heteroatoms. The zero-order valence-corrected chi connectivity index (χ0v) is 25.9. The number of ether oxygens (including phenoxy) is 3. The molecule has 6 rings (SSSR count). The van der Waals surface area contributed by atoms with E-state index in [4.69, 9.17) is 14.2 Å². The maximum Gasteiger partial charge on any atom is 0.422 e. The van der Waals surface area contributed by atoms with Crippen molar-refractivity contribution in [1.29, 1.82) is 5.26 Å². The predicted octanol–water partition coefficient (Wildman–Crippen LogP) is 5.38. The van der Waals surface area contributed by atoms with E-state index in [1.807, 2.05) is 19.2 Å². The molecule has 1 aromatic carbocycles. The Kier molecular flexibility index (Phi) is 9.88. The van der Waals surface area contributed by atoms with E-state index in [9.17, 15) is 18.4 Å². The standard InChI is InChI=1S/C32H36F3N9O3/c1-22(19-43-10-2-9-39-43)47-29-15-23(3-4-24(29)16-36)25-17-37-31(38-18-25)40-28-20-44(41-30(28)46-21-32(33,34)35)27-5-11-42(12-6-27)26-7-13-45-14-8-26/h2-4,9-10,15,17-18,20,22,26-27H,5-8,11-14,19,21H2,1H3,(H,37,38,40)/t22-/m0/s1. The van der Waals surface area contributed by atoms with Crippen LogP contribution in [0.4, 0.5) is 24.8 Å². The highest BCUT2D eigenvalue weighted by Gasteiger charge is 2.31. The smallest absolute Gasteiger partial charge is 0.422 e. The minimum Gasteiger partial charge on any atom is -0.487 e.